The third-order valence-electron chi connectivity index (χ3n) is 3.32. The number of rotatable bonds is 5. The van der Waals surface area contributed by atoms with Crippen LogP contribution < -0.4 is 11.1 Å². The van der Waals surface area contributed by atoms with Gasteiger partial charge in [0, 0.05) is 6.54 Å². The van der Waals surface area contributed by atoms with E-state index in [-0.39, 0.29) is 22.9 Å². The van der Waals surface area contributed by atoms with Crippen LogP contribution in [0.1, 0.15) is 26.2 Å². The van der Waals surface area contributed by atoms with Crippen LogP contribution in [0.5, 0.6) is 0 Å². The van der Waals surface area contributed by atoms with E-state index in [9.17, 15) is 10.1 Å². The zero-order chi connectivity index (χ0) is 12.5. The van der Waals surface area contributed by atoms with Crippen molar-refractivity contribution >= 4 is 17.5 Å². The van der Waals surface area contributed by atoms with Crippen molar-refractivity contribution in [3.05, 3.63) is 16.3 Å². The van der Waals surface area contributed by atoms with Crippen molar-refractivity contribution in [2.45, 2.75) is 26.2 Å². The highest BCUT2D eigenvalue weighted by atomic mass is 16.6. The van der Waals surface area contributed by atoms with Crippen molar-refractivity contribution in [1.29, 1.82) is 0 Å². The molecule has 7 heteroatoms. The van der Waals surface area contributed by atoms with Gasteiger partial charge in [-0.1, -0.05) is 6.92 Å². The molecule has 0 spiro atoms. The molecule has 0 unspecified atom stereocenters. The Morgan fingerprint density at radius 3 is 2.88 bits per heavy atom. The highest BCUT2D eigenvalue weighted by Crippen LogP contribution is 2.48. The molecule has 1 aliphatic carbocycles. The van der Waals surface area contributed by atoms with Crippen molar-refractivity contribution in [3.8, 4) is 0 Å². The third-order valence-corrected chi connectivity index (χ3v) is 3.32. The van der Waals surface area contributed by atoms with Crippen LogP contribution in [0.15, 0.2) is 6.20 Å². The number of nitrogens with zero attached hydrogens (tertiary/aromatic N) is 3. The molecule has 2 rings (SSSR count). The van der Waals surface area contributed by atoms with E-state index in [1.807, 2.05) is 0 Å². The first-order valence-electron chi connectivity index (χ1n) is 5.57. The number of nitrogens with two attached hydrogens (primary N) is 1. The van der Waals surface area contributed by atoms with Crippen LogP contribution in [-0.4, -0.2) is 21.4 Å². The van der Waals surface area contributed by atoms with Gasteiger partial charge in [0.15, 0.2) is 0 Å². The SMILES string of the molecule is CCC1(CNc2nc(N)ncc2[N+](=O)[O-])CC1. The summed E-state index contributed by atoms with van der Waals surface area (Å²) in [5, 5.41) is 13.8. The van der Waals surface area contributed by atoms with Crippen LogP contribution in [0.25, 0.3) is 0 Å². The second-order valence-corrected chi connectivity index (χ2v) is 4.43. The standard InChI is InChI=1S/C10H15N5O2/c1-2-10(3-4-10)6-13-8-7(15(16)17)5-12-9(11)14-8/h5H,2-4,6H2,1H3,(H3,11,12,13,14). The first kappa shape index (κ1) is 11.6. The summed E-state index contributed by atoms with van der Waals surface area (Å²) < 4.78 is 0. The Labute approximate surface area is 98.6 Å². The van der Waals surface area contributed by atoms with Gasteiger partial charge < -0.3 is 11.1 Å². The summed E-state index contributed by atoms with van der Waals surface area (Å²) in [7, 11) is 0. The van der Waals surface area contributed by atoms with Crippen LogP contribution in [-0.2, 0) is 0 Å². The molecule has 17 heavy (non-hydrogen) atoms. The molecule has 1 fully saturated rings. The number of hydrogen-bond donors (Lipinski definition) is 2. The maximum Gasteiger partial charge on any atom is 0.329 e. The average Bonchev–Trinajstić information content (AvgIpc) is 3.07. The Bertz CT molecular complexity index is 444. The molecule has 1 aromatic rings. The molecule has 92 valence electrons. The minimum absolute atomic E-state index is 0.0412. The average molecular weight is 237 g/mol. The highest BCUT2D eigenvalue weighted by molar-refractivity contribution is 5.56. The monoisotopic (exact) mass is 237 g/mol. The summed E-state index contributed by atoms with van der Waals surface area (Å²) in [6.45, 7) is 2.82. The summed E-state index contributed by atoms with van der Waals surface area (Å²) in [6, 6.07) is 0. The number of anilines is 2. The predicted molar refractivity (Wildman–Crippen MR) is 63.5 cm³/mol. The smallest absolute Gasteiger partial charge is 0.329 e. The number of nitrogen functional groups attached to an aromatic ring is 1. The fraction of sp³-hybridized carbons (Fsp3) is 0.600. The van der Waals surface area contributed by atoms with Gasteiger partial charge in [0.25, 0.3) is 0 Å². The van der Waals surface area contributed by atoms with Gasteiger partial charge in [0.2, 0.25) is 11.8 Å². The lowest BCUT2D eigenvalue weighted by molar-refractivity contribution is -0.384. The van der Waals surface area contributed by atoms with Crippen LogP contribution in [0.4, 0.5) is 17.5 Å². The second kappa shape index (κ2) is 4.15. The van der Waals surface area contributed by atoms with Crippen molar-refractivity contribution in [3.63, 3.8) is 0 Å². The van der Waals surface area contributed by atoms with Crippen molar-refractivity contribution in [2.75, 3.05) is 17.6 Å². The summed E-state index contributed by atoms with van der Waals surface area (Å²) in [6.07, 6.45) is 4.51. The first-order valence-corrected chi connectivity index (χ1v) is 5.57. The van der Waals surface area contributed by atoms with E-state index in [0.717, 1.165) is 25.5 Å². The zero-order valence-corrected chi connectivity index (χ0v) is 9.64. The van der Waals surface area contributed by atoms with E-state index in [4.69, 9.17) is 5.73 Å². The maximum atomic E-state index is 10.8. The molecule has 0 radical (unpaired) electrons. The van der Waals surface area contributed by atoms with Gasteiger partial charge in [0.1, 0.15) is 6.20 Å². The van der Waals surface area contributed by atoms with E-state index in [1.54, 1.807) is 0 Å². The number of hydrogen-bond acceptors (Lipinski definition) is 6. The Morgan fingerprint density at radius 2 is 2.35 bits per heavy atom. The number of nitrogens with one attached hydrogen (secondary N) is 1. The Morgan fingerprint density at radius 1 is 1.65 bits per heavy atom. The van der Waals surface area contributed by atoms with Crippen LogP contribution in [0.2, 0.25) is 0 Å². The molecule has 0 aromatic carbocycles. The molecule has 1 aromatic heterocycles. The van der Waals surface area contributed by atoms with E-state index < -0.39 is 4.92 Å². The molecular formula is C10H15N5O2. The summed E-state index contributed by atoms with van der Waals surface area (Å²) in [5.74, 6) is 0.252. The zero-order valence-electron chi connectivity index (χ0n) is 9.64. The Hall–Kier alpha value is -1.92. The fourth-order valence-corrected chi connectivity index (χ4v) is 1.76. The van der Waals surface area contributed by atoms with Gasteiger partial charge >= 0.3 is 5.69 Å². The fourth-order valence-electron chi connectivity index (χ4n) is 1.76. The molecule has 1 aliphatic rings. The van der Waals surface area contributed by atoms with E-state index in [0.29, 0.717) is 6.54 Å². The van der Waals surface area contributed by atoms with Crippen molar-refractivity contribution in [2.24, 2.45) is 5.41 Å². The molecule has 0 amide bonds. The highest BCUT2D eigenvalue weighted by Gasteiger charge is 2.40. The normalized spacial score (nSPS) is 16.5. The molecule has 0 saturated heterocycles. The minimum atomic E-state index is -0.507. The Balaban J connectivity index is 2.13. The lowest BCUT2D eigenvalue weighted by atomic mass is 10.0. The van der Waals surface area contributed by atoms with Crippen LogP contribution in [0, 0.1) is 15.5 Å². The van der Waals surface area contributed by atoms with Gasteiger partial charge in [-0.15, -0.1) is 0 Å². The molecule has 1 saturated carbocycles. The first-order chi connectivity index (χ1) is 8.06. The second-order valence-electron chi connectivity index (χ2n) is 4.43. The van der Waals surface area contributed by atoms with Gasteiger partial charge in [-0.2, -0.15) is 4.98 Å². The largest absolute Gasteiger partial charge is 0.368 e. The molecule has 7 nitrogen and oxygen atoms in total. The van der Waals surface area contributed by atoms with E-state index >= 15 is 0 Å². The molecule has 3 N–H and O–H groups in total. The topological polar surface area (TPSA) is 107 Å². The van der Waals surface area contributed by atoms with Gasteiger partial charge in [-0.05, 0) is 24.7 Å². The van der Waals surface area contributed by atoms with Crippen LogP contribution in [0.3, 0.4) is 0 Å². The molecule has 0 bridgehead atoms. The minimum Gasteiger partial charge on any atom is -0.368 e. The molecular weight excluding hydrogens is 222 g/mol. The lowest BCUT2D eigenvalue weighted by Gasteiger charge is -2.13. The summed E-state index contributed by atoms with van der Waals surface area (Å²) in [4.78, 5) is 17.8. The molecule has 0 atom stereocenters. The van der Waals surface area contributed by atoms with E-state index in [1.165, 1.54) is 0 Å². The third kappa shape index (κ3) is 2.43. The molecule has 0 aliphatic heterocycles. The van der Waals surface area contributed by atoms with Crippen LogP contribution >= 0.6 is 0 Å². The summed E-state index contributed by atoms with van der Waals surface area (Å²) in [5.41, 5.74) is 5.58. The summed E-state index contributed by atoms with van der Waals surface area (Å²) >= 11 is 0. The van der Waals surface area contributed by atoms with E-state index in [2.05, 4.69) is 22.2 Å². The van der Waals surface area contributed by atoms with Crippen molar-refractivity contribution < 1.29 is 4.92 Å². The number of aromatic nitrogens is 2. The lowest BCUT2D eigenvalue weighted by Crippen LogP contribution is -2.16. The maximum absolute atomic E-state index is 10.8. The number of nitro groups is 1. The van der Waals surface area contributed by atoms with Gasteiger partial charge in [0.05, 0.1) is 4.92 Å². The van der Waals surface area contributed by atoms with Crippen molar-refractivity contribution in [1.82, 2.24) is 9.97 Å². The molecule has 1 heterocycles. The Kier molecular flexibility index (Phi) is 2.83. The van der Waals surface area contributed by atoms with Gasteiger partial charge in [-0.3, -0.25) is 10.1 Å². The predicted octanol–water partition coefficient (Wildman–Crippen LogP) is 1.57. The quantitative estimate of drug-likeness (QED) is 0.594. The van der Waals surface area contributed by atoms with Gasteiger partial charge in [-0.25, -0.2) is 4.98 Å².